The van der Waals surface area contributed by atoms with Gasteiger partial charge in [0.1, 0.15) is 5.75 Å². The Morgan fingerprint density at radius 2 is 1.88 bits per heavy atom. The second-order valence-electron chi connectivity index (χ2n) is 7.59. The van der Waals surface area contributed by atoms with Crippen molar-refractivity contribution in [3.8, 4) is 5.75 Å². The van der Waals surface area contributed by atoms with Gasteiger partial charge >= 0.3 is 12.1 Å². The Morgan fingerprint density at radius 1 is 1.21 bits per heavy atom. The third-order valence-electron chi connectivity index (χ3n) is 5.20. The number of aromatic nitrogens is 2. The van der Waals surface area contributed by atoms with E-state index in [0.717, 1.165) is 18.5 Å². The van der Waals surface area contributed by atoms with Crippen LogP contribution >= 0.6 is 0 Å². The lowest BCUT2D eigenvalue weighted by Gasteiger charge is -2.34. The third-order valence-corrected chi connectivity index (χ3v) is 5.20. The quantitative estimate of drug-likeness (QED) is 0.550. The first-order valence-corrected chi connectivity index (χ1v) is 10.1. The summed E-state index contributed by atoms with van der Waals surface area (Å²) in [5.41, 5.74) is 2.51. The first kappa shape index (κ1) is 24.1. The zero-order chi connectivity index (χ0) is 24.2. The summed E-state index contributed by atoms with van der Waals surface area (Å²) in [6.45, 7) is 2.08. The average Bonchev–Trinajstić information content (AvgIpc) is 3.15. The molecule has 1 atom stereocenters. The largest absolute Gasteiger partial charge is 0.507 e. The first-order chi connectivity index (χ1) is 15.6. The van der Waals surface area contributed by atoms with Crippen molar-refractivity contribution in [3.63, 3.8) is 0 Å². The molecule has 1 saturated heterocycles. The standard InChI is InChI=1S/C20H22N4O2.C2HF3O2/c1-23-18-10-15(11-19(25)17(18)12-22-23)20(26)24-8-7-21-16(13-24)9-14-5-3-2-4-6-14;3-2(4,5)1(6)7/h2-6,10-12,16,21,25H,7-9,13H2,1H3;(H,6,7). The van der Waals surface area contributed by atoms with Gasteiger partial charge in [0.25, 0.3) is 5.91 Å². The summed E-state index contributed by atoms with van der Waals surface area (Å²) < 4.78 is 33.4. The summed E-state index contributed by atoms with van der Waals surface area (Å²) in [5, 5.41) is 25.6. The smallest absolute Gasteiger partial charge is 0.490 e. The molecule has 1 aliphatic rings. The van der Waals surface area contributed by atoms with Gasteiger partial charge < -0.3 is 20.4 Å². The highest BCUT2D eigenvalue weighted by atomic mass is 19.4. The van der Waals surface area contributed by atoms with Gasteiger partial charge in [-0.25, -0.2) is 4.79 Å². The molecule has 4 rings (SSSR count). The number of benzene rings is 2. The van der Waals surface area contributed by atoms with E-state index in [2.05, 4.69) is 22.5 Å². The maximum atomic E-state index is 13.0. The van der Waals surface area contributed by atoms with Crippen molar-refractivity contribution in [3.05, 3.63) is 59.8 Å². The predicted molar refractivity (Wildman–Crippen MR) is 114 cm³/mol. The number of aromatic hydroxyl groups is 1. The molecule has 0 bridgehead atoms. The lowest BCUT2D eigenvalue weighted by atomic mass is 10.0. The van der Waals surface area contributed by atoms with E-state index in [1.165, 1.54) is 5.56 Å². The lowest BCUT2D eigenvalue weighted by Crippen LogP contribution is -2.53. The molecule has 176 valence electrons. The number of alkyl halides is 3. The topological polar surface area (TPSA) is 108 Å². The molecule has 2 heterocycles. The van der Waals surface area contributed by atoms with E-state index in [1.54, 1.807) is 30.1 Å². The Bertz CT molecular complexity index is 1130. The van der Waals surface area contributed by atoms with Crippen molar-refractivity contribution in [2.45, 2.75) is 18.6 Å². The van der Waals surface area contributed by atoms with Crippen LogP contribution < -0.4 is 5.32 Å². The van der Waals surface area contributed by atoms with Crippen LogP contribution in [0.15, 0.2) is 48.7 Å². The fourth-order valence-electron chi connectivity index (χ4n) is 3.58. The van der Waals surface area contributed by atoms with Crippen molar-refractivity contribution in [1.29, 1.82) is 0 Å². The van der Waals surface area contributed by atoms with Crippen molar-refractivity contribution in [1.82, 2.24) is 20.0 Å². The van der Waals surface area contributed by atoms with Crippen LogP contribution in [0.2, 0.25) is 0 Å². The number of nitrogens with zero attached hydrogens (tertiary/aromatic N) is 3. The van der Waals surface area contributed by atoms with Crippen LogP contribution in [0, 0.1) is 0 Å². The number of fused-ring (bicyclic) bond motifs is 1. The van der Waals surface area contributed by atoms with Gasteiger partial charge in [-0.3, -0.25) is 9.48 Å². The van der Waals surface area contributed by atoms with Gasteiger partial charge in [0.15, 0.2) is 0 Å². The van der Waals surface area contributed by atoms with E-state index in [9.17, 15) is 23.1 Å². The highest BCUT2D eigenvalue weighted by Crippen LogP contribution is 2.27. The van der Waals surface area contributed by atoms with E-state index in [1.807, 2.05) is 23.1 Å². The number of rotatable bonds is 3. The minimum atomic E-state index is -5.08. The predicted octanol–water partition coefficient (Wildman–Crippen LogP) is 2.57. The highest BCUT2D eigenvalue weighted by Gasteiger charge is 2.38. The number of piperazine rings is 1. The van der Waals surface area contributed by atoms with Crippen LogP contribution in [-0.4, -0.2) is 68.6 Å². The number of aliphatic carboxylic acids is 1. The molecule has 0 saturated carbocycles. The molecular weight excluding hydrogens is 441 g/mol. The lowest BCUT2D eigenvalue weighted by molar-refractivity contribution is -0.192. The summed E-state index contributed by atoms with van der Waals surface area (Å²) in [4.78, 5) is 23.7. The fourth-order valence-corrected chi connectivity index (χ4v) is 3.58. The summed E-state index contributed by atoms with van der Waals surface area (Å²) in [6, 6.07) is 13.9. The Labute approximate surface area is 187 Å². The molecule has 1 fully saturated rings. The number of nitrogens with one attached hydrogen (secondary N) is 1. The molecule has 0 radical (unpaired) electrons. The number of carbonyl (C=O) groups is 2. The average molecular weight is 464 g/mol. The summed E-state index contributed by atoms with van der Waals surface area (Å²) >= 11 is 0. The highest BCUT2D eigenvalue weighted by molar-refractivity contribution is 5.99. The Balaban J connectivity index is 0.000000383. The minimum Gasteiger partial charge on any atom is -0.507 e. The molecule has 0 aliphatic carbocycles. The Hall–Kier alpha value is -3.60. The zero-order valence-electron chi connectivity index (χ0n) is 17.7. The van der Waals surface area contributed by atoms with E-state index in [4.69, 9.17) is 9.90 Å². The second-order valence-corrected chi connectivity index (χ2v) is 7.59. The Morgan fingerprint density at radius 3 is 2.52 bits per heavy atom. The number of hydrogen-bond donors (Lipinski definition) is 3. The maximum Gasteiger partial charge on any atom is 0.490 e. The number of phenolic OH excluding ortho intramolecular Hbond substituents is 1. The molecule has 0 spiro atoms. The third kappa shape index (κ3) is 6.01. The molecule has 33 heavy (non-hydrogen) atoms. The number of carboxylic acid groups (broad SMARTS) is 1. The molecule has 1 amide bonds. The fraction of sp³-hybridized carbons (Fsp3) is 0.318. The monoisotopic (exact) mass is 464 g/mol. The molecule has 1 unspecified atom stereocenters. The maximum absolute atomic E-state index is 13.0. The van der Waals surface area contributed by atoms with E-state index in [-0.39, 0.29) is 17.7 Å². The van der Waals surface area contributed by atoms with Crippen LogP contribution in [0.25, 0.3) is 10.9 Å². The van der Waals surface area contributed by atoms with Gasteiger partial charge in [0, 0.05) is 38.3 Å². The van der Waals surface area contributed by atoms with Gasteiger partial charge in [0.05, 0.1) is 17.1 Å². The van der Waals surface area contributed by atoms with Crippen molar-refractivity contribution in [2.75, 3.05) is 19.6 Å². The van der Waals surface area contributed by atoms with Crippen molar-refractivity contribution >= 4 is 22.8 Å². The normalized spacial score (nSPS) is 16.2. The first-order valence-electron chi connectivity index (χ1n) is 10.1. The molecule has 3 N–H and O–H groups in total. The van der Waals surface area contributed by atoms with E-state index >= 15 is 0 Å². The summed E-state index contributed by atoms with van der Waals surface area (Å²) in [7, 11) is 1.80. The Kier molecular flexibility index (Phi) is 7.22. The van der Waals surface area contributed by atoms with Gasteiger partial charge in [0.2, 0.25) is 0 Å². The van der Waals surface area contributed by atoms with Gasteiger partial charge in [-0.2, -0.15) is 18.3 Å². The molecule has 11 heteroatoms. The SMILES string of the molecule is Cn1ncc2c(O)cc(C(=O)N3CCNC(Cc4ccccc4)C3)cc21.O=C(O)C(F)(F)F. The molecule has 8 nitrogen and oxygen atoms in total. The molecule has 3 aromatic rings. The van der Waals surface area contributed by atoms with Crippen molar-refractivity contribution in [2.24, 2.45) is 7.05 Å². The second kappa shape index (κ2) is 9.90. The number of carboxylic acids is 1. The minimum absolute atomic E-state index is 0.0528. The van der Waals surface area contributed by atoms with Crippen LogP contribution in [-0.2, 0) is 18.3 Å². The van der Waals surface area contributed by atoms with Gasteiger partial charge in [-0.15, -0.1) is 0 Å². The van der Waals surface area contributed by atoms with Crippen LogP contribution in [0.3, 0.4) is 0 Å². The number of amides is 1. The number of hydrogen-bond acceptors (Lipinski definition) is 5. The summed E-state index contributed by atoms with van der Waals surface area (Å²) in [6.07, 6.45) is -2.59. The van der Waals surface area contributed by atoms with E-state index < -0.39 is 12.1 Å². The van der Waals surface area contributed by atoms with Crippen LogP contribution in [0.1, 0.15) is 15.9 Å². The summed E-state index contributed by atoms with van der Waals surface area (Å²) in [5.74, 6) is -2.72. The van der Waals surface area contributed by atoms with Gasteiger partial charge in [-0.05, 0) is 24.1 Å². The van der Waals surface area contributed by atoms with Crippen molar-refractivity contribution < 1.29 is 33.0 Å². The molecule has 2 aromatic carbocycles. The number of phenols is 1. The number of aryl methyl sites for hydroxylation is 1. The van der Waals surface area contributed by atoms with Gasteiger partial charge in [-0.1, -0.05) is 30.3 Å². The molecule has 1 aliphatic heterocycles. The zero-order valence-corrected chi connectivity index (χ0v) is 17.7. The van der Waals surface area contributed by atoms with Crippen LogP contribution in [0.5, 0.6) is 5.75 Å². The van der Waals surface area contributed by atoms with E-state index in [0.29, 0.717) is 24.0 Å². The molecule has 1 aromatic heterocycles. The molecular formula is C22H23F3N4O4. The van der Waals surface area contributed by atoms with Crippen LogP contribution in [0.4, 0.5) is 13.2 Å². The number of halogens is 3. The number of carbonyl (C=O) groups excluding carboxylic acids is 1.